The second kappa shape index (κ2) is 13.2. The molecule has 262 valence electrons. The molecule has 0 N–H and O–H groups in total. The van der Waals surface area contributed by atoms with E-state index >= 15 is 0 Å². The summed E-state index contributed by atoms with van der Waals surface area (Å²) >= 11 is 0. The topological polar surface area (TPSA) is 51.6 Å². The Morgan fingerprint density at radius 3 is 1.21 bits per heavy atom. The molecule has 2 heterocycles. The average molecular weight is 715 g/mol. The Balaban J connectivity index is 0.997. The van der Waals surface area contributed by atoms with Crippen molar-refractivity contribution in [3.8, 4) is 67.5 Å². The standard InChI is InChI=1S/C52H34N4/c1-3-10-33(11-4-1)34-21-23-38(24-22-34)51-54-50(37-12-5-2-6-13-37)55-52(56-51)40-26-28-45-47(31-40)49-43-16-8-7-15-42(43)48(45)46-30-39(25-27-44(46)49)35-17-19-36(20-18-35)41-14-9-29-53-32-41/h1-32,48-49H. The molecule has 0 saturated carbocycles. The smallest absolute Gasteiger partial charge is 0.164 e. The summed E-state index contributed by atoms with van der Waals surface area (Å²) in [7, 11) is 0. The first-order chi connectivity index (χ1) is 27.7. The van der Waals surface area contributed by atoms with E-state index in [-0.39, 0.29) is 11.8 Å². The number of rotatable bonds is 6. The molecule has 2 unspecified atom stereocenters. The van der Waals surface area contributed by atoms with Crippen molar-refractivity contribution >= 4 is 0 Å². The van der Waals surface area contributed by atoms with Crippen molar-refractivity contribution in [2.75, 3.05) is 0 Å². The summed E-state index contributed by atoms with van der Waals surface area (Å²) in [5, 5.41) is 0. The number of aromatic nitrogens is 4. The maximum absolute atomic E-state index is 5.15. The van der Waals surface area contributed by atoms with Gasteiger partial charge in [0.15, 0.2) is 17.5 Å². The lowest BCUT2D eigenvalue weighted by atomic mass is 9.60. The quantitative estimate of drug-likeness (QED) is 0.172. The third kappa shape index (κ3) is 5.46. The van der Waals surface area contributed by atoms with E-state index in [1.165, 1.54) is 55.6 Å². The van der Waals surface area contributed by atoms with E-state index in [9.17, 15) is 0 Å². The van der Waals surface area contributed by atoms with E-state index in [2.05, 4.69) is 157 Å². The summed E-state index contributed by atoms with van der Waals surface area (Å²) in [6.45, 7) is 0. The first kappa shape index (κ1) is 32.2. The Bertz CT molecular complexity index is 2890. The minimum absolute atomic E-state index is 0.114. The monoisotopic (exact) mass is 714 g/mol. The van der Waals surface area contributed by atoms with Gasteiger partial charge in [-0.25, -0.2) is 15.0 Å². The molecule has 4 heteroatoms. The summed E-state index contributed by atoms with van der Waals surface area (Å²) in [5.74, 6) is 2.24. The van der Waals surface area contributed by atoms with E-state index in [1.54, 1.807) is 0 Å². The molecule has 0 fully saturated rings. The van der Waals surface area contributed by atoms with Crippen LogP contribution in [0, 0.1) is 0 Å². The van der Waals surface area contributed by atoms with Crippen LogP contribution in [0.5, 0.6) is 0 Å². The molecule has 56 heavy (non-hydrogen) atoms. The lowest BCUT2D eigenvalue weighted by Crippen LogP contribution is -2.27. The normalized spacial score (nSPS) is 14.8. The van der Waals surface area contributed by atoms with Crippen LogP contribution in [0.4, 0.5) is 0 Å². The number of nitrogens with zero attached hydrogens (tertiary/aromatic N) is 4. The molecule has 2 bridgehead atoms. The van der Waals surface area contributed by atoms with Gasteiger partial charge in [-0.3, -0.25) is 4.98 Å². The van der Waals surface area contributed by atoms with Crippen LogP contribution in [-0.4, -0.2) is 19.9 Å². The summed E-state index contributed by atoms with van der Waals surface area (Å²) in [6, 6.07) is 65.0. The molecule has 9 aromatic rings. The highest BCUT2D eigenvalue weighted by Crippen LogP contribution is 2.56. The van der Waals surface area contributed by atoms with Gasteiger partial charge in [0, 0.05) is 40.9 Å². The molecule has 0 aliphatic heterocycles. The van der Waals surface area contributed by atoms with Crippen molar-refractivity contribution in [1.29, 1.82) is 0 Å². The van der Waals surface area contributed by atoms with Gasteiger partial charge in [-0.1, -0.05) is 164 Å². The lowest BCUT2D eigenvalue weighted by molar-refractivity contribution is 0.755. The number of pyridine rings is 1. The minimum atomic E-state index is 0.114. The Morgan fingerprint density at radius 1 is 0.268 bits per heavy atom. The van der Waals surface area contributed by atoms with Gasteiger partial charge in [0.1, 0.15) is 0 Å². The molecule has 0 saturated heterocycles. The van der Waals surface area contributed by atoms with Crippen LogP contribution in [0.25, 0.3) is 67.5 Å². The molecule has 0 radical (unpaired) electrons. The van der Waals surface area contributed by atoms with Gasteiger partial charge in [-0.2, -0.15) is 0 Å². The zero-order valence-electron chi connectivity index (χ0n) is 30.4. The molecule has 7 aromatic carbocycles. The van der Waals surface area contributed by atoms with Gasteiger partial charge >= 0.3 is 0 Å². The summed E-state index contributed by atoms with van der Waals surface area (Å²) < 4.78 is 0. The zero-order chi connectivity index (χ0) is 37.0. The Hall–Kier alpha value is -7.30. The Kier molecular flexibility index (Phi) is 7.59. The van der Waals surface area contributed by atoms with Crippen molar-refractivity contribution in [2.24, 2.45) is 0 Å². The Morgan fingerprint density at radius 2 is 0.643 bits per heavy atom. The van der Waals surface area contributed by atoms with E-state index in [0.717, 1.165) is 27.8 Å². The molecule has 2 aromatic heterocycles. The Labute approximate surface area is 325 Å². The molecule has 0 spiro atoms. The van der Waals surface area contributed by atoms with Crippen molar-refractivity contribution < 1.29 is 0 Å². The summed E-state index contributed by atoms with van der Waals surface area (Å²) in [5.41, 5.74) is 18.2. The maximum atomic E-state index is 5.15. The summed E-state index contributed by atoms with van der Waals surface area (Å²) in [4.78, 5) is 19.6. The van der Waals surface area contributed by atoms with Gasteiger partial charge in [0.25, 0.3) is 0 Å². The molecule has 12 rings (SSSR count). The van der Waals surface area contributed by atoms with Gasteiger partial charge in [0.05, 0.1) is 0 Å². The predicted molar refractivity (Wildman–Crippen MR) is 225 cm³/mol. The summed E-state index contributed by atoms with van der Waals surface area (Å²) in [6.07, 6.45) is 3.73. The van der Waals surface area contributed by atoms with Crippen molar-refractivity contribution in [1.82, 2.24) is 19.9 Å². The number of hydrogen-bond acceptors (Lipinski definition) is 4. The van der Waals surface area contributed by atoms with Crippen molar-refractivity contribution in [2.45, 2.75) is 11.8 Å². The minimum Gasteiger partial charge on any atom is -0.264 e. The molecule has 2 atom stereocenters. The van der Waals surface area contributed by atoms with E-state index in [4.69, 9.17) is 15.0 Å². The second-order valence-corrected chi connectivity index (χ2v) is 14.6. The highest BCUT2D eigenvalue weighted by Gasteiger charge is 2.41. The average Bonchev–Trinajstić information content (AvgIpc) is 3.29. The van der Waals surface area contributed by atoms with Gasteiger partial charge in [0.2, 0.25) is 0 Å². The molecular weight excluding hydrogens is 681 g/mol. The first-order valence-electron chi connectivity index (χ1n) is 19.1. The van der Waals surface area contributed by atoms with E-state index in [1.807, 2.05) is 42.7 Å². The molecule has 0 amide bonds. The fraction of sp³-hybridized carbons (Fsp3) is 0.0385. The van der Waals surface area contributed by atoms with Crippen LogP contribution in [0.3, 0.4) is 0 Å². The highest BCUT2D eigenvalue weighted by molar-refractivity contribution is 5.77. The van der Waals surface area contributed by atoms with Gasteiger partial charge in [-0.05, 0) is 85.0 Å². The van der Waals surface area contributed by atoms with Crippen LogP contribution in [0.2, 0.25) is 0 Å². The largest absolute Gasteiger partial charge is 0.264 e. The molecule has 3 aliphatic rings. The first-order valence-corrected chi connectivity index (χ1v) is 19.1. The van der Waals surface area contributed by atoms with Gasteiger partial charge < -0.3 is 0 Å². The maximum Gasteiger partial charge on any atom is 0.164 e. The second-order valence-electron chi connectivity index (χ2n) is 14.6. The highest BCUT2D eigenvalue weighted by atomic mass is 15.0. The number of hydrogen-bond donors (Lipinski definition) is 0. The predicted octanol–water partition coefficient (Wildman–Crippen LogP) is 12.3. The van der Waals surface area contributed by atoms with Crippen molar-refractivity contribution in [3.63, 3.8) is 0 Å². The molecule has 4 nitrogen and oxygen atoms in total. The lowest BCUT2D eigenvalue weighted by Gasteiger charge is -2.42. The number of benzene rings is 7. The molecule has 3 aliphatic carbocycles. The van der Waals surface area contributed by atoms with Crippen LogP contribution in [0.15, 0.2) is 194 Å². The van der Waals surface area contributed by atoms with Crippen LogP contribution >= 0.6 is 0 Å². The van der Waals surface area contributed by atoms with Crippen LogP contribution < -0.4 is 0 Å². The van der Waals surface area contributed by atoms with E-state index in [0.29, 0.717) is 17.5 Å². The van der Waals surface area contributed by atoms with E-state index < -0.39 is 0 Å². The molecular formula is C52H34N4. The third-order valence-electron chi connectivity index (χ3n) is 11.4. The van der Waals surface area contributed by atoms with Crippen LogP contribution in [-0.2, 0) is 0 Å². The SMILES string of the molecule is c1ccc(-c2ccc(-c3nc(-c4ccccc4)nc(-c4ccc5c(c4)C4c6ccccc6C5c5cc(-c6ccc(-c7cccnc7)cc6)ccc54)n3)cc2)cc1. The third-order valence-corrected chi connectivity index (χ3v) is 11.4. The zero-order valence-corrected chi connectivity index (χ0v) is 30.4. The fourth-order valence-corrected chi connectivity index (χ4v) is 8.72. The van der Waals surface area contributed by atoms with Crippen molar-refractivity contribution in [3.05, 3.63) is 228 Å². The van der Waals surface area contributed by atoms with Crippen LogP contribution in [0.1, 0.15) is 45.2 Å². The fourth-order valence-electron chi connectivity index (χ4n) is 8.72. The van der Waals surface area contributed by atoms with Gasteiger partial charge in [-0.15, -0.1) is 0 Å².